The Morgan fingerprint density at radius 1 is 0.731 bits per heavy atom. The molecule has 1 heterocycles. The Morgan fingerprint density at radius 3 is 2.15 bits per heavy atom. The highest BCUT2D eigenvalue weighted by Crippen LogP contribution is 2.34. The summed E-state index contributed by atoms with van der Waals surface area (Å²) < 4.78 is 38.1. The molecule has 0 saturated carbocycles. The van der Waals surface area contributed by atoms with Gasteiger partial charge in [0.2, 0.25) is 6.79 Å². The zero-order valence-corrected chi connectivity index (χ0v) is 14.5. The molecule has 0 radical (unpaired) electrons. The first-order chi connectivity index (χ1) is 12.6. The number of benzene rings is 3. The topological polar surface area (TPSA) is 76.7 Å². The minimum absolute atomic E-state index is 0.0993. The summed E-state index contributed by atoms with van der Waals surface area (Å²) in [7, 11) is -3.71. The van der Waals surface area contributed by atoms with Crippen LogP contribution in [0.1, 0.15) is 0 Å². The second-order valence-corrected chi connectivity index (χ2v) is 7.37. The number of rotatable bonds is 5. The van der Waals surface area contributed by atoms with Crippen molar-refractivity contribution in [3.05, 3.63) is 72.8 Å². The molecular weight excluding hydrogens is 352 g/mol. The van der Waals surface area contributed by atoms with E-state index in [0.717, 1.165) is 11.4 Å². The third-order valence-corrected chi connectivity index (χ3v) is 5.23. The van der Waals surface area contributed by atoms with Crippen LogP contribution in [0.3, 0.4) is 0 Å². The third-order valence-electron chi connectivity index (χ3n) is 3.85. The fourth-order valence-corrected chi connectivity index (χ4v) is 3.64. The number of sulfonamides is 1. The summed E-state index contributed by atoms with van der Waals surface area (Å²) in [6.07, 6.45) is 0. The van der Waals surface area contributed by atoms with Gasteiger partial charge in [0.05, 0.1) is 4.90 Å². The van der Waals surface area contributed by atoms with E-state index in [9.17, 15) is 8.42 Å². The van der Waals surface area contributed by atoms with Crippen LogP contribution in [0.2, 0.25) is 0 Å². The van der Waals surface area contributed by atoms with E-state index in [0.29, 0.717) is 17.2 Å². The van der Waals surface area contributed by atoms with Crippen molar-refractivity contribution >= 4 is 27.1 Å². The molecule has 0 unspecified atom stereocenters. The molecule has 26 heavy (non-hydrogen) atoms. The minimum Gasteiger partial charge on any atom is -0.454 e. The standard InChI is InChI=1S/C19H16N2O4S/c22-26(23,17-10-11-18-19(12-17)25-13-24-18)21-16-8-6-15(7-9-16)20-14-4-2-1-3-5-14/h1-12,20-21H,13H2. The maximum atomic E-state index is 12.6. The molecule has 0 amide bonds. The van der Waals surface area contributed by atoms with Gasteiger partial charge in [0.15, 0.2) is 11.5 Å². The van der Waals surface area contributed by atoms with E-state index in [2.05, 4.69) is 10.0 Å². The van der Waals surface area contributed by atoms with Crippen molar-refractivity contribution in [1.82, 2.24) is 0 Å². The predicted octanol–water partition coefficient (Wildman–Crippen LogP) is 3.96. The lowest BCUT2D eigenvalue weighted by atomic mass is 10.2. The third kappa shape index (κ3) is 3.43. The highest BCUT2D eigenvalue weighted by atomic mass is 32.2. The van der Waals surface area contributed by atoms with E-state index >= 15 is 0 Å². The molecule has 6 nitrogen and oxygen atoms in total. The molecule has 7 heteroatoms. The first-order valence-electron chi connectivity index (χ1n) is 7.95. The summed E-state index contributed by atoms with van der Waals surface area (Å²) in [5.41, 5.74) is 2.30. The molecule has 0 fully saturated rings. The summed E-state index contributed by atoms with van der Waals surface area (Å²) in [6, 6.07) is 21.3. The Balaban J connectivity index is 1.49. The molecule has 3 aromatic rings. The maximum absolute atomic E-state index is 12.6. The van der Waals surface area contributed by atoms with Gasteiger partial charge in [-0.15, -0.1) is 0 Å². The van der Waals surface area contributed by atoms with E-state index in [1.54, 1.807) is 18.2 Å². The Labute approximate surface area is 151 Å². The van der Waals surface area contributed by atoms with E-state index in [4.69, 9.17) is 9.47 Å². The largest absolute Gasteiger partial charge is 0.454 e. The fraction of sp³-hybridized carbons (Fsp3) is 0.0526. The molecule has 132 valence electrons. The van der Waals surface area contributed by atoms with Crippen LogP contribution < -0.4 is 19.5 Å². The van der Waals surface area contributed by atoms with Crippen molar-refractivity contribution in [3.63, 3.8) is 0 Å². The van der Waals surface area contributed by atoms with Crippen molar-refractivity contribution in [2.45, 2.75) is 4.90 Å². The molecule has 0 aromatic heterocycles. The molecule has 0 saturated heterocycles. The van der Waals surface area contributed by atoms with Crippen molar-refractivity contribution in [2.75, 3.05) is 16.8 Å². The molecule has 1 aliphatic rings. The average molecular weight is 368 g/mol. The summed E-state index contributed by atoms with van der Waals surface area (Å²) in [5, 5.41) is 3.25. The zero-order valence-electron chi connectivity index (χ0n) is 13.7. The van der Waals surface area contributed by atoms with Crippen molar-refractivity contribution < 1.29 is 17.9 Å². The predicted molar refractivity (Wildman–Crippen MR) is 99.5 cm³/mol. The van der Waals surface area contributed by atoms with Gasteiger partial charge in [-0.3, -0.25) is 4.72 Å². The molecule has 2 N–H and O–H groups in total. The molecule has 3 aromatic carbocycles. The highest BCUT2D eigenvalue weighted by molar-refractivity contribution is 7.92. The molecular formula is C19H16N2O4S. The number of fused-ring (bicyclic) bond motifs is 1. The van der Waals surface area contributed by atoms with Gasteiger partial charge in [0.1, 0.15) is 0 Å². The monoisotopic (exact) mass is 368 g/mol. The van der Waals surface area contributed by atoms with Crippen LogP contribution in [0.4, 0.5) is 17.1 Å². The van der Waals surface area contributed by atoms with E-state index in [1.165, 1.54) is 12.1 Å². The number of ether oxygens (including phenoxy) is 2. The minimum atomic E-state index is -3.71. The van der Waals surface area contributed by atoms with Gasteiger partial charge in [0.25, 0.3) is 10.0 Å². The Bertz CT molecular complexity index is 1020. The lowest BCUT2D eigenvalue weighted by Crippen LogP contribution is -2.12. The number of hydrogen-bond donors (Lipinski definition) is 2. The molecule has 0 atom stereocenters. The fourth-order valence-electron chi connectivity index (χ4n) is 2.57. The number of anilines is 3. The Kier molecular flexibility index (Phi) is 4.14. The molecule has 0 bridgehead atoms. The highest BCUT2D eigenvalue weighted by Gasteiger charge is 2.20. The summed E-state index contributed by atoms with van der Waals surface area (Å²) in [6.45, 7) is 0.0993. The number of nitrogens with one attached hydrogen (secondary N) is 2. The lowest BCUT2D eigenvalue weighted by Gasteiger charge is -2.10. The normalized spacial score (nSPS) is 12.6. The molecule has 4 rings (SSSR count). The maximum Gasteiger partial charge on any atom is 0.262 e. The van der Waals surface area contributed by atoms with E-state index in [-0.39, 0.29) is 11.7 Å². The van der Waals surface area contributed by atoms with Crippen LogP contribution in [-0.4, -0.2) is 15.2 Å². The van der Waals surface area contributed by atoms with Crippen LogP contribution in [0.25, 0.3) is 0 Å². The lowest BCUT2D eigenvalue weighted by molar-refractivity contribution is 0.174. The summed E-state index contributed by atoms with van der Waals surface area (Å²) >= 11 is 0. The molecule has 1 aliphatic heterocycles. The summed E-state index contributed by atoms with van der Waals surface area (Å²) in [5.74, 6) is 0.968. The number of para-hydroxylation sites is 1. The Morgan fingerprint density at radius 2 is 1.38 bits per heavy atom. The Hall–Kier alpha value is -3.19. The van der Waals surface area contributed by atoms with Gasteiger partial charge < -0.3 is 14.8 Å². The van der Waals surface area contributed by atoms with Crippen molar-refractivity contribution in [3.8, 4) is 11.5 Å². The average Bonchev–Trinajstić information content (AvgIpc) is 3.12. The van der Waals surface area contributed by atoms with Crippen LogP contribution in [0, 0.1) is 0 Å². The summed E-state index contributed by atoms with van der Waals surface area (Å²) in [4.78, 5) is 0.119. The SMILES string of the molecule is O=S(=O)(Nc1ccc(Nc2ccccc2)cc1)c1ccc2c(c1)OCO2. The first-order valence-corrected chi connectivity index (χ1v) is 9.43. The second-order valence-electron chi connectivity index (χ2n) is 5.69. The van der Waals surface area contributed by atoms with Crippen LogP contribution in [-0.2, 0) is 10.0 Å². The quantitative estimate of drug-likeness (QED) is 0.713. The zero-order chi connectivity index (χ0) is 18.0. The van der Waals surface area contributed by atoms with Crippen molar-refractivity contribution in [2.24, 2.45) is 0 Å². The second kappa shape index (κ2) is 6.61. The van der Waals surface area contributed by atoms with Crippen LogP contribution >= 0.6 is 0 Å². The first kappa shape index (κ1) is 16.3. The van der Waals surface area contributed by atoms with E-state index in [1.807, 2.05) is 42.5 Å². The van der Waals surface area contributed by atoms with Gasteiger partial charge in [-0.2, -0.15) is 0 Å². The van der Waals surface area contributed by atoms with Gasteiger partial charge in [0, 0.05) is 23.1 Å². The van der Waals surface area contributed by atoms with Gasteiger partial charge in [-0.05, 0) is 48.5 Å². The molecule has 0 aliphatic carbocycles. The van der Waals surface area contributed by atoms with Gasteiger partial charge in [-0.1, -0.05) is 18.2 Å². The number of hydrogen-bond acceptors (Lipinski definition) is 5. The van der Waals surface area contributed by atoms with Gasteiger partial charge in [-0.25, -0.2) is 8.42 Å². The van der Waals surface area contributed by atoms with Crippen LogP contribution in [0.5, 0.6) is 11.5 Å². The van der Waals surface area contributed by atoms with E-state index < -0.39 is 10.0 Å². The van der Waals surface area contributed by atoms with Crippen molar-refractivity contribution in [1.29, 1.82) is 0 Å². The van der Waals surface area contributed by atoms with Crippen LogP contribution in [0.15, 0.2) is 77.7 Å². The molecule has 0 spiro atoms. The smallest absolute Gasteiger partial charge is 0.262 e. The van der Waals surface area contributed by atoms with Gasteiger partial charge >= 0.3 is 0 Å².